The Morgan fingerprint density at radius 2 is 1.14 bits per heavy atom. The van der Waals surface area contributed by atoms with Gasteiger partial charge in [-0.2, -0.15) is 0 Å². The average Bonchev–Trinajstić information content (AvgIpc) is 2.71. The first-order valence-electron chi connectivity index (χ1n) is 9.07. The van der Waals surface area contributed by atoms with E-state index in [1.54, 1.807) is 24.3 Å². The van der Waals surface area contributed by atoms with Crippen molar-refractivity contribution in [1.29, 1.82) is 0 Å². The van der Waals surface area contributed by atoms with Gasteiger partial charge in [-0.3, -0.25) is 0 Å². The molecule has 2 aromatic rings. The monoisotopic (exact) mass is 454 g/mol. The van der Waals surface area contributed by atoms with Gasteiger partial charge in [0.2, 0.25) is 0 Å². The van der Waals surface area contributed by atoms with E-state index in [0.717, 1.165) is 15.6 Å². The fraction of sp³-hybridized carbons (Fsp3) is 0.400. The second kappa shape index (κ2) is 15.6. The molecule has 0 fully saturated rings. The van der Waals surface area contributed by atoms with Gasteiger partial charge in [-0.25, -0.2) is 0 Å². The van der Waals surface area contributed by atoms with Gasteiger partial charge < -0.3 is 29.0 Å². The van der Waals surface area contributed by atoms with Crippen LogP contribution in [0.15, 0.2) is 53.0 Å². The van der Waals surface area contributed by atoms with Gasteiger partial charge in [0.25, 0.3) is 0 Å². The first kappa shape index (κ1) is 24.8. The minimum absolute atomic E-state index is 0.279. The van der Waals surface area contributed by atoms with Gasteiger partial charge in [-0.05, 0) is 42.6 Å². The molecule has 0 aromatic heterocycles. The summed E-state index contributed by atoms with van der Waals surface area (Å²) in [6, 6.07) is 14.9. The van der Waals surface area contributed by atoms with Gasteiger partial charge in [-0.1, -0.05) is 52.3 Å². The molecule has 0 unspecified atom stereocenters. The molecule has 0 spiro atoms. The highest BCUT2D eigenvalue weighted by Gasteiger charge is 2.09. The van der Waals surface area contributed by atoms with E-state index in [0.29, 0.717) is 38.7 Å². The van der Waals surface area contributed by atoms with Crippen molar-refractivity contribution in [2.45, 2.75) is 27.1 Å². The molecule has 0 radical (unpaired) electrons. The van der Waals surface area contributed by atoms with Crippen LogP contribution >= 0.6 is 15.9 Å². The molecule has 0 aliphatic carbocycles. The molecule has 2 rings (SSSR count). The second-order valence-electron chi connectivity index (χ2n) is 5.66. The Hall–Kier alpha value is -1.26. The summed E-state index contributed by atoms with van der Waals surface area (Å²) in [7, 11) is -1.41. The Kier molecular flexibility index (Phi) is 13.8. The molecule has 6 nitrogen and oxygen atoms in total. The van der Waals surface area contributed by atoms with Crippen molar-refractivity contribution >= 4 is 28.5 Å². The van der Waals surface area contributed by atoms with E-state index < -0.39 is 7.12 Å². The van der Waals surface area contributed by atoms with Crippen LogP contribution in [0.25, 0.3) is 0 Å². The van der Waals surface area contributed by atoms with E-state index in [-0.39, 0.29) is 6.79 Å². The van der Waals surface area contributed by atoms with Crippen LogP contribution in [0, 0.1) is 0 Å². The third-order valence-electron chi connectivity index (χ3n) is 3.47. The molecule has 0 bridgehead atoms. The maximum atomic E-state index is 8.86. The molecule has 0 aliphatic rings. The minimum Gasteiger partial charge on any atom is -0.423 e. The zero-order chi connectivity index (χ0) is 20.6. The molecule has 28 heavy (non-hydrogen) atoms. The lowest BCUT2D eigenvalue weighted by Crippen LogP contribution is -2.29. The van der Waals surface area contributed by atoms with Crippen molar-refractivity contribution in [1.82, 2.24) is 0 Å². The van der Waals surface area contributed by atoms with Gasteiger partial charge >= 0.3 is 7.12 Å². The van der Waals surface area contributed by atoms with Crippen LogP contribution in [0.2, 0.25) is 0 Å². The van der Waals surface area contributed by atoms with Gasteiger partial charge in [0.05, 0.1) is 13.2 Å². The highest BCUT2D eigenvalue weighted by atomic mass is 79.9. The zero-order valence-corrected chi connectivity index (χ0v) is 17.9. The van der Waals surface area contributed by atoms with Crippen LogP contribution in [0.3, 0.4) is 0 Å². The van der Waals surface area contributed by atoms with Crippen LogP contribution in [0.5, 0.6) is 0 Å². The Morgan fingerprint density at radius 1 is 0.714 bits per heavy atom. The Morgan fingerprint density at radius 3 is 1.54 bits per heavy atom. The molecule has 0 heterocycles. The second-order valence-corrected chi connectivity index (χ2v) is 6.58. The smallest absolute Gasteiger partial charge is 0.423 e. The van der Waals surface area contributed by atoms with Crippen LogP contribution < -0.4 is 5.46 Å². The number of ether oxygens (including phenoxy) is 4. The summed E-state index contributed by atoms with van der Waals surface area (Å²) in [4.78, 5) is 0. The third kappa shape index (κ3) is 11.6. The van der Waals surface area contributed by atoms with E-state index >= 15 is 0 Å². The first-order valence-corrected chi connectivity index (χ1v) is 9.86. The number of halogens is 1. The lowest BCUT2D eigenvalue weighted by molar-refractivity contribution is -0.0573. The lowest BCUT2D eigenvalue weighted by atomic mass is 9.80. The van der Waals surface area contributed by atoms with E-state index in [1.807, 2.05) is 38.1 Å². The van der Waals surface area contributed by atoms with Gasteiger partial charge in [0, 0.05) is 17.7 Å². The average molecular weight is 455 g/mol. The van der Waals surface area contributed by atoms with Gasteiger partial charge in [-0.15, -0.1) is 0 Å². The quantitative estimate of drug-likeness (QED) is 0.309. The highest BCUT2D eigenvalue weighted by Crippen LogP contribution is 2.11. The predicted octanol–water partition coefficient (Wildman–Crippen LogP) is 2.84. The van der Waals surface area contributed by atoms with Crippen molar-refractivity contribution in [3.63, 3.8) is 0 Å². The fourth-order valence-corrected chi connectivity index (χ4v) is 2.23. The van der Waals surface area contributed by atoms with E-state index in [2.05, 4.69) is 15.9 Å². The normalized spacial score (nSPS) is 10.3. The summed E-state index contributed by atoms with van der Waals surface area (Å²) in [6.45, 7) is 6.89. The first-order chi connectivity index (χ1) is 13.6. The molecule has 0 saturated carbocycles. The number of hydrogen-bond acceptors (Lipinski definition) is 6. The van der Waals surface area contributed by atoms with Crippen LogP contribution in [-0.4, -0.2) is 44.0 Å². The summed E-state index contributed by atoms with van der Waals surface area (Å²) in [5, 5.41) is 17.7. The summed E-state index contributed by atoms with van der Waals surface area (Å²) in [6.07, 6.45) is 0. The van der Waals surface area contributed by atoms with Gasteiger partial charge in [0.1, 0.15) is 13.6 Å². The Labute approximate surface area is 175 Å². The Bertz CT molecular complexity index is 622. The summed E-state index contributed by atoms with van der Waals surface area (Å²) in [5.74, 6) is 0. The molecular formula is C20H28BBrO6. The number of hydrogen-bond donors (Lipinski definition) is 2. The maximum absolute atomic E-state index is 8.86. The highest BCUT2D eigenvalue weighted by molar-refractivity contribution is 9.10. The van der Waals surface area contributed by atoms with Crippen molar-refractivity contribution in [2.75, 3.05) is 26.8 Å². The van der Waals surface area contributed by atoms with E-state index in [9.17, 15) is 0 Å². The topological polar surface area (TPSA) is 77.4 Å². The van der Waals surface area contributed by atoms with Crippen molar-refractivity contribution in [2.24, 2.45) is 0 Å². The van der Waals surface area contributed by atoms with E-state index in [4.69, 9.17) is 29.0 Å². The van der Waals surface area contributed by atoms with Crippen molar-refractivity contribution < 1.29 is 29.0 Å². The molecule has 0 amide bonds. The summed E-state index contributed by atoms with van der Waals surface area (Å²) in [5.41, 5.74) is 2.60. The zero-order valence-electron chi connectivity index (χ0n) is 16.3. The summed E-state index contributed by atoms with van der Waals surface area (Å²) < 4.78 is 21.6. The van der Waals surface area contributed by atoms with E-state index in [1.165, 1.54) is 0 Å². The minimum atomic E-state index is -1.41. The molecule has 2 aromatic carbocycles. The molecule has 0 aliphatic heterocycles. The number of rotatable bonds is 11. The Balaban J connectivity index is 0.000000283. The largest absolute Gasteiger partial charge is 0.488 e. The number of benzene rings is 2. The van der Waals surface area contributed by atoms with Crippen LogP contribution in [0.4, 0.5) is 0 Å². The standard InChI is InChI=1S/C10H15BO4.C10H13BrO2/c1-2-14-8-15-7-9-3-5-10(6-4-9)11(12)13;1-2-12-8-13-7-9-3-5-10(11)6-4-9/h3-6,12-13H,2,7-8H2,1H3;3-6H,2,7-8H2,1H3. The third-order valence-corrected chi connectivity index (χ3v) is 4.00. The molecule has 0 atom stereocenters. The fourth-order valence-electron chi connectivity index (χ4n) is 1.97. The summed E-state index contributed by atoms with van der Waals surface area (Å²) >= 11 is 3.37. The van der Waals surface area contributed by atoms with Crippen LogP contribution in [-0.2, 0) is 32.2 Å². The van der Waals surface area contributed by atoms with Crippen LogP contribution in [0.1, 0.15) is 25.0 Å². The molecule has 2 N–H and O–H groups in total. The van der Waals surface area contributed by atoms with Crippen molar-refractivity contribution in [3.05, 3.63) is 64.1 Å². The predicted molar refractivity (Wildman–Crippen MR) is 113 cm³/mol. The van der Waals surface area contributed by atoms with Crippen molar-refractivity contribution in [3.8, 4) is 0 Å². The molecule has 0 saturated heterocycles. The maximum Gasteiger partial charge on any atom is 0.488 e. The van der Waals surface area contributed by atoms with Gasteiger partial charge in [0.15, 0.2) is 0 Å². The molecule has 154 valence electrons. The SMILES string of the molecule is CCOCOCc1ccc(B(O)O)cc1.CCOCOCc1ccc(Br)cc1. The molecule has 8 heteroatoms. The lowest BCUT2D eigenvalue weighted by Gasteiger charge is -2.05. The molecular weight excluding hydrogens is 427 g/mol.